The molecule has 1 aliphatic heterocycles. The fourth-order valence-electron chi connectivity index (χ4n) is 3.42. The molecule has 0 bridgehead atoms. The number of hydrogen-bond acceptors (Lipinski definition) is 5. The summed E-state index contributed by atoms with van der Waals surface area (Å²) in [5, 5.41) is 2.90. The Morgan fingerprint density at radius 3 is 2.30 bits per heavy atom. The summed E-state index contributed by atoms with van der Waals surface area (Å²) in [6.45, 7) is 1.63. The lowest BCUT2D eigenvalue weighted by Crippen LogP contribution is -2.35. The van der Waals surface area contributed by atoms with E-state index in [0.717, 1.165) is 36.2 Å². The molecule has 3 rings (SSSR count). The van der Waals surface area contributed by atoms with Crippen molar-refractivity contribution in [3.05, 3.63) is 53.7 Å². The molecule has 2 heterocycles. The van der Waals surface area contributed by atoms with Gasteiger partial charge in [0.2, 0.25) is 15.9 Å². The first-order chi connectivity index (χ1) is 14.4. The number of benzene rings is 1. The van der Waals surface area contributed by atoms with Crippen LogP contribution in [0.4, 0.5) is 5.82 Å². The second-order valence-corrected chi connectivity index (χ2v) is 9.74. The normalized spacial score (nSPS) is 15.0. The molecular weight excluding hydrogens is 400 g/mol. The predicted molar refractivity (Wildman–Crippen MR) is 118 cm³/mol. The molecule has 1 fully saturated rings. The zero-order valence-electron chi connectivity index (χ0n) is 17.7. The largest absolute Gasteiger partial charge is 0.363 e. The smallest absolute Gasteiger partial charge is 0.243 e. The van der Waals surface area contributed by atoms with E-state index in [1.165, 1.54) is 0 Å². The van der Waals surface area contributed by atoms with Crippen LogP contribution in [-0.4, -0.2) is 50.8 Å². The molecule has 0 saturated carbocycles. The first-order valence-corrected chi connectivity index (χ1v) is 11.8. The zero-order chi connectivity index (χ0) is 21.6. The second-order valence-electron chi connectivity index (χ2n) is 7.80. The fourth-order valence-corrected chi connectivity index (χ4v) is 4.93. The van der Waals surface area contributed by atoms with E-state index in [2.05, 4.69) is 10.3 Å². The third kappa shape index (κ3) is 5.79. The average Bonchev–Trinajstić information content (AvgIpc) is 2.77. The number of anilines is 1. The van der Waals surface area contributed by atoms with Crippen LogP contribution < -0.4 is 10.2 Å². The van der Waals surface area contributed by atoms with Gasteiger partial charge in [-0.2, -0.15) is 4.31 Å². The van der Waals surface area contributed by atoms with Crippen molar-refractivity contribution in [3.8, 4) is 0 Å². The molecule has 8 heteroatoms. The van der Waals surface area contributed by atoms with Gasteiger partial charge >= 0.3 is 0 Å². The molecule has 0 aliphatic carbocycles. The highest BCUT2D eigenvalue weighted by atomic mass is 32.2. The molecule has 0 atom stereocenters. The molecular formula is C22H30N4O3S. The van der Waals surface area contributed by atoms with E-state index in [1.807, 2.05) is 31.1 Å². The number of aryl methyl sites for hydroxylation is 1. The Bertz CT molecular complexity index is 935. The molecule has 162 valence electrons. The summed E-state index contributed by atoms with van der Waals surface area (Å²) in [5.41, 5.74) is 1.89. The minimum atomic E-state index is -3.41. The van der Waals surface area contributed by atoms with Crippen LogP contribution in [0.5, 0.6) is 0 Å². The Balaban J connectivity index is 1.48. The minimum absolute atomic E-state index is 0.0447. The highest BCUT2D eigenvalue weighted by Crippen LogP contribution is 2.21. The van der Waals surface area contributed by atoms with Crippen molar-refractivity contribution >= 4 is 21.7 Å². The first-order valence-electron chi connectivity index (χ1n) is 10.3. The number of nitrogens with one attached hydrogen (secondary N) is 1. The SMILES string of the molecule is CN(C)c1ccc(CNC(=O)CCc2ccc(S(=O)(=O)N3CCCCC3)cc2)cn1. The molecule has 1 aromatic carbocycles. The van der Waals surface area contributed by atoms with E-state index >= 15 is 0 Å². The topological polar surface area (TPSA) is 82.6 Å². The van der Waals surface area contributed by atoms with Gasteiger partial charge in [-0.05, 0) is 48.6 Å². The fraction of sp³-hybridized carbons (Fsp3) is 0.455. The van der Waals surface area contributed by atoms with Crippen molar-refractivity contribution in [2.75, 3.05) is 32.1 Å². The maximum atomic E-state index is 12.7. The highest BCUT2D eigenvalue weighted by molar-refractivity contribution is 7.89. The molecule has 0 radical (unpaired) electrons. The summed E-state index contributed by atoms with van der Waals surface area (Å²) in [5.74, 6) is 0.826. The molecule has 1 aliphatic rings. The Morgan fingerprint density at radius 1 is 1.03 bits per heavy atom. The van der Waals surface area contributed by atoms with Crippen molar-refractivity contribution < 1.29 is 13.2 Å². The summed E-state index contributed by atoms with van der Waals surface area (Å²) in [7, 11) is 0.447. The third-order valence-electron chi connectivity index (χ3n) is 5.27. The molecule has 2 aromatic rings. The summed E-state index contributed by atoms with van der Waals surface area (Å²) < 4.78 is 27.0. The number of carbonyl (C=O) groups excluding carboxylic acids is 1. The van der Waals surface area contributed by atoms with Crippen LogP contribution >= 0.6 is 0 Å². The van der Waals surface area contributed by atoms with Crippen molar-refractivity contribution in [1.82, 2.24) is 14.6 Å². The number of piperidine rings is 1. The molecule has 7 nitrogen and oxygen atoms in total. The quantitative estimate of drug-likeness (QED) is 0.696. The van der Waals surface area contributed by atoms with Gasteiger partial charge in [0.1, 0.15) is 5.82 Å². The Hall–Kier alpha value is -2.45. The van der Waals surface area contributed by atoms with Crippen LogP contribution in [0.25, 0.3) is 0 Å². The van der Waals surface area contributed by atoms with Crippen LogP contribution in [0.3, 0.4) is 0 Å². The van der Waals surface area contributed by atoms with Crippen LogP contribution in [0.2, 0.25) is 0 Å². The molecule has 0 spiro atoms. The minimum Gasteiger partial charge on any atom is -0.363 e. The number of carbonyl (C=O) groups is 1. The molecule has 1 amide bonds. The number of rotatable bonds is 8. The van der Waals surface area contributed by atoms with Crippen LogP contribution in [0, 0.1) is 0 Å². The van der Waals surface area contributed by atoms with Gasteiger partial charge in [-0.25, -0.2) is 13.4 Å². The van der Waals surface area contributed by atoms with Crippen molar-refractivity contribution in [3.63, 3.8) is 0 Å². The molecule has 1 saturated heterocycles. The average molecular weight is 431 g/mol. The lowest BCUT2D eigenvalue weighted by Gasteiger charge is -2.25. The lowest BCUT2D eigenvalue weighted by atomic mass is 10.1. The molecule has 0 unspecified atom stereocenters. The van der Waals surface area contributed by atoms with Gasteiger partial charge in [0.25, 0.3) is 0 Å². The van der Waals surface area contributed by atoms with Gasteiger partial charge in [0, 0.05) is 46.3 Å². The van der Waals surface area contributed by atoms with E-state index in [1.54, 1.807) is 34.8 Å². The van der Waals surface area contributed by atoms with Crippen molar-refractivity contribution in [2.24, 2.45) is 0 Å². The highest BCUT2D eigenvalue weighted by Gasteiger charge is 2.25. The first kappa shape index (κ1) is 22.2. The summed E-state index contributed by atoms with van der Waals surface area (Å²) in [4.78, 5) is 18.7. The van der Waals surface area contributed by atoms with Gasteiger partial charge in [0.05, 0.1) is 4.90 Å². The molecule has 30 heavy (non-hydrogen) atoms. The van der Waals surface area contributed by atoms with Crippen molar-refractivity contribution in [1.29, 1.82) is 0 Å². The molecule has 1 aromatic heterocycles. The van der Waals surface area contributed by atoms with Gasteiger partial charge in [0.15, 0.2) is 0 Å². The van der Waals surface area contributed by atoms with E-state index in [0.29, 0.717) is 37.4 Å². The molecule has 1 N–H and O–H groups in total. The van der Waals surface area contributed by atoms with Crippen LogP contribution in [-0.2, 0) is 27.8 Å². The Labute approximate surface area is 179 Å². The van der Waals surface area contributed by atoms with Gasteiger partial charge < -0.3 is 10.2 Å². The maximum absolute atomic E-state index is 12.7. The lowest BCUT2D eigenvalue weighted by molar-refractivity contribution is -0.121. The summed E-state index contributed by atoms with van der Waals surface area (Å²) in [6.07, 6.45) is 5.60. The third-order valence-corrected chi connectivity index (χ3v) is 7.19. The maximum Gasteiger partial charge on any atom is 0.243 e. The number of aromatic nitrogens is 1. The number of amides is 1. The summed E-state index contributed by atoms with van der Waals surface area (Å²) in [6, 6.07) is 10.8. The van der Waals surface area contributed by atoms with Gasteiger partial charge in [-0.15, -0.1) is 0 Å². The van der Waals surface area contributed by atoms with E-state index in [4.69, 9.17) is 0 Å². The standard InChI is InChI=1S/C22H30N4O3S/c1-25(2)21-12-8-19(16-23-21)17-24-22(27)13-9-18-6-10-20(11-7-18)30(28,29)26-14-4-3-5-15-26/h6-8,10-12,16H,3-5,9,13-15,17H2,1-2H3,(H,24,27). The monoisotopic (exact) mass is 430 g/mol. The van der Waals surface area contributed by atoms with E-state index in [9.17, 15) is 13.2 Å². The Kier molecular flexibility index (Phi) is 7.44. The summed E-state index contributed by atoms with van der Waals surface area (Å²) >= 11 is 0. The Morgan fingerprint density at radius 2 is 1.70 bits per heavy atom. The number of pyridine rings is 1. The van der Waals surface area contributed by atoms with Crippen LogP contribution in [0.15, 0.2) is 47.5 Å². The van der Waals surface area contributed by atoms with E-state index < -0.39 is 10.0 Å². The van der Waals surface area contributed by atoms with Crippen molar-refractivity contribution in [2.45, 2.75) is 43.5 Å². The number of nitrogens with zero attached hydrogens (tertiary/aromatic N) is 3. The zero-order valence-corrected chi connectivity index (χ0v) is 18.5. The predicted octanol–water partition coefficient (Wildman–Crippen LogP) is 2.57. The second kappa shape index (κ2) is 10.0. The van der Waals surface area contributed by atoms with E-state index in [-0.39, 0.29) is 5.91 Å². The van der Waals surface area contributed by atoms with Gasteiger partial charge in [-0.1, -0.05) is 24.6 Å². The number of hydrogen-bond donors (Lipinski definition) is 1. The van der Waals surface area contributed by atoms with Crippen LogP contribution in [0.1, 0.15) is 36.8 Å². The number of sulfonamides is 1. The van der Waals surface area contributed by atoms with Gasteiger partial charge in [-0.3, -0.25) is 4.79 Å².